The van der Waals surface area contributed by atoms with Gasteiger partial charge in [-0.2, -0.15) is 0 Å². The zero-order chi connectivity index (χ0) is 12.6. The van der Waals surface area contributed by atoms with Gasteiger partial charge in [-0.15, -0.1) is 0 Å². The Labute approximate surface area is 106 Å². The first kappa shape index (κ1) is 12.9. The summed E-state index contributed by atoms with van der Waals surface area (Å²) in [4.78, 5) is 11.8. The smallest absolute Gasteiger partial charge is 0.136 e. The van der Waals surface area contributed by atoms with Crippen LogP contribution in [0.2, 0.25) is 0 Å². The molecule has 1 heteroatoms. The number of fused-ring (bicyclic) bond motifs is 1. The van der Waals surface area contributed by atoms with Crippen molar-refractivity contribution in [3.63, 3.8) is 0 Å². The first-order valence-electron chi connectivity index (χ1n) is 7.17. The Morgan fingerprint density at radius 2 is 1.82 bits per heavy atom. The van der Waals surface area contributed by atoms with Gasteiger partial charge in [0.1, 0.15) is 5.78 Å². The first-order chi connectivity index (χ1) is 8.00. The van der Waals surface area contributed by atoms with Crippen LogP contribution >= 0.6 is 0 Å². The van der Waals surface area contributed by atoms with Gasteiger partial charge in [0.2, 0.25) is 0 Å². The molecular weight excluding hydrogens is 208 g/mol. The molecule has 0 aromatic carbocycles. The average molecular weight is 234 g/mol. The van der Waals surface area contributed by atoms with E-state index in [1.165, 1.54) is 18.4 Å². The molecule has 0 amide bonds. The highest BCUT2D eigenvalue weighted by Gasteiger charge is 2.42. The fraction of sp³-hybridized carbons (Fsp3) is 0.812. The highest BCUT2D eigenvalue weighted by molar-refractivity contribution is 5.81. The summed E-state index contributed by atoms with van der Waals surface area (Å²) in [6, 6.07) is 0. The molecule has 1 fully saturated rings. The third-order valence-electron chi connectivity index (χ3n) is 5.29. The van der Waals surface area contributed by atoms with E-state index in [0.29, 0.717) is 5.78 Å². The van der Waals surface area contributed by atoms with Crippen LogP contribution in [0, 0.1) is 29.6 Å². The van der Waals surface area contributed by atoms with Crippen LogP contribution in [-0.4, -0.2) is 5.78 Å². The first-order valence-corrected chi connectivity index (χ1v) is 7.17. The van der Waals surface area contributed by atoms with Crippen LogP contribution in [0.4, 0.5) is 0 Å². The molecule has 1 nitrogen and oxygen atoms in total. The van der Waals surface area contributed by atoms with E-state index in [2.05, 4.69) is 26.8 Å². The van der Waals surface area contributed by atoms with Gasteiger partial charge >= 0.3 is 0 Å². The third kappa shape index (κ3) is 2.48. The molecule has 96 valence electrons. The molecule has 0 aliphatic heterocycles. The van der Waals surface area contributed by atoms with E-state index >= 15 is 0 Å². The third-order valence-corrected chi connectivity index (χ3v) is 5.29. The van der Waals surface area contributed by atoms with E-state index in [1.54, 1.807) is 6.92 Å². The summed E-state index contributed by atoms with van der Waals surface area (Å²) in [5, 5.41) is 0. The van der Waals surface area contributed by atoms with Crippen molar-refractivity contribution in [2.75, 3.05) is 0 Å². The summed E-state index contributed by atoms with van der Waals surface area (Å²) in [5.74, 6) is 3.91. The lowest BCUT2D eigenvalue weighted by Crippen LogP contribution is -2.40. The van der Waals surface area contributed by atoms with Gasteiger partial charge in [-0.1, -0.05) is 25.5 Å². The van der Waals surface area contributed by atoms with Crippen LogP contribution in [0.5, 0.6) is 0 Å². The Hall–Kier alpha value is -0.590. The molecular formula is C16H26O. The average Bonchev–Trinajstić information content (AvgIpc) is 2.28. The second kappa shape index (κ2) is 4.96. The van der Waals surface area contributed by atoms with Crippen LogP contribution in [0.1, 0.15) is 53.4 Å². The Morgan fingerprint density at radius 3 is 2.41 bits per heavy atom. The van der Waals surface area contributed by atoms with Gasteiger partial charge < -0.3 is 0 Å². The minimum atomic E-state index is 0.204. The van der Waals surface area contributed by atoms with E-state index in [-0.39, 0.29) is 5.92 Å². The van der Waals surface area contributed by atoms with Crippen molar-refractivity contribution in [2.45, 2.75) is 53.4 Å². The van der Waals surface area contributed by atoms with Gasteiger partial charge in [-0.25, -0.2) is 0 Å². The van der Waals surface area contributed by atoms with E-state index in [0.717, 1.165) is 36.5 Å². The van der Waals surface area contributed by atoms with Crippen molar-refractivity contribution in [2.24, 2.45) is 29.6 Å². The SMILES string of the molecule is CC(=O)[C@H]1C[C@H]2[C@@H](C[C@H]2C)[C@H](C)CCC=C1C. The van der Waals surface area contributed by atoms with Gasteiger partial charge in [0, 0.05) is 5.92 Å². The molecule has 0 aromatic rings. The van der Waals surface area contributed by atoms with Crippen molar-refractivity contribution < 1.29 is 4.79 Å². The molecule has 1 saturated carbocycles. The topological polar surface area (TPSA) is 17.1 Å². The molecule has 5 atom stereocenters. The number of rotatable bonds is 1. The Balaban J connectivity index is 2.19. The molecule has 0 spiro atoms. The van der Waals surface area contributed by atoms with Crippen molar-refractivity contribution in [3.05, 3.63) is 11.6 Å². The molecule has 0 aromatic heterocycles. The predicted molar refractivity (Wildman–Crippen MR) is 71.7 cm³/mol. The van der Waals surface area contributed by atoms with E-state index in [9.17, 15) is 4.79 Å². The van der Waals surface area contributed by atoms with Crippen LogP contribution in [-0.2, 0) is 4.79 Å². The van der Waals surface area contributed by atoms with Crippen molar-refractivity contribution >= 4 is 5.78 Å². The monoisotopic (exact) mass is 234 g/mol. The molecule has 2 aliphatic rings. The van der Waals surface area contributed by atoms with E-state index in [1.807, 2.05) is 0 Å². The van der Waals surface area contributed by atoms with Crippen molar-refractivity contribution in [1.29, 1.82) is 0 Å². The predicted octanol–water partition coefficient (Wildman–Crippen LogP) is 4.23. The van der Waals surface area contributed by atoms with Crippen LogP contribution < -0.4 is 0 Å². The standard InChI is InChI=1S/C16H26O/c1-10-6-5-7-11(2)15-8-12(3)16(15)9-14(10)13(4)17/h6,11-12,14-16H,5,7-9H2,1-4H3/t11-,12-,14+,15+,16-/m1/s1. The lowest BCUT2D eigenvalue weighted by Gasteiger charge is -2.47. The normalized spacial score (nSPS) is 42.4. The second-order valence-corrected chi connectivity index (χ2v) is 6.44. The summed E-state index contributed by atoms with van der Waals surface area (Å²) in [6.45, 7) is 8.69. The highest BCUT2D eigenvalue weighted by Crippen LogP contribution is 2.50. The number of carbonyl (C=O) groups excluding carboxylic acids is 1. The zero-order valence-corrected chi connectivity index (χ0v) is 11.7. The highest BCUT2D eigenvalue weighted by atomic mass is 16.1. The lowest BCUT2D eigenvalue weighted by molar-refractivity contribution is -0.121. The zero-order valence-electron chi connectivity index (χ0n) is 11.7. The Kier molecular flexibility index (Phi) is 3.75. The number of ketones is 1. The maximum absolute atomic E-state index is 11.8. The molecule has 2 rings (SSSR count). The molecule has 0 N–H and O–H groups in total. The fourth-order valence-corrected chi connectivity index (χ4v) is 3.94. The number of hydrogen-bond acceptors (Lipinski definition) is 1. The summed E-state index contributed by atoms with van der Waals surface area (Å²) < 4.78 is 0. The molecule has 0 radical (unpaired) electrons. The minimum absolute atomic E-state index is 0.204. The fourth-order valence-electron chi connectivity index (χ4n) is 3.94. The molecule has 2 aliphatic carbocycles. The van der Waals surface area contributed by atoms with Gasteiger partial charge in [0.15, 0.2) is 0 Å². The maximum Gasteiger partial charge on any atom is 0.136 e. The van der Waals surface area contributed by atoms with Crippen LogP contribution in [0.15, 0.2) is 11.6 Å². The maximum atomic E-state index is 11.8. The molecule has 0 bridgehead atoms. The number of allylic oxidation sites excluding steroid dienone is 2. The summed E-state index contributed by atoms with van der Waals surface area (Å²) in [5.41, 5.74) is 1.32. The van der Waals surface area contributed by atoms with Gasteiger partial charge in [0.25, 0.3) is 0 Å². The number of carbonyl (C=O) groups is 1. The second-order valence-electron chi connectivity index (χ2n) is 6.44. The summed E-state index contributed by atoms with van der Waals surface area (Å²) in [7, 11) is 0. The summed E-state index contributed by atoms with van der Waals surface area (Å²) >= 11 is 0. The van der Waals surface area contributed by atoms with Gasteiger partial charge in [-0.05, 0) is 63.2 Å². The molecule has 0 unspecified atom stereocenters. The van der Waals surface area contributed by atoms with Crippen molar-refractivity contribution in [1.82, 2.24) is 0 Å². The van der Waals surface area contributed by atoms with Crippen molar-refractivity contribution in [3.8, 4) is 0 Å². The largest absolute Gasteiger partial charge is 0.299 e. The minimum Gasteiger partial charge on any atom is -0.299 e. The quantitative estimate of drug-likeness (QED) is 0.620. The Bertz CT molecular complexity index is 328. The van der Waals surface area contributed by atoms with Gasteiger partial charge in [-0.3, -0.25) is 4.79 Å². The molecule has 17 heavy (non-hydrogen) atoms. The number of Topliss-reactive ketones (excluding diaryl/α,β-unsaturated/α-hetero) is 1. The van der Waals surface area contributed by atoms with Crippen LogP contribution in [0.3, 0.4) is 0 Å². The van der Waals surface area contributed by atoms with Crippen LogP contribution in [0.25, 0.3) is 0 Å². The van der Waals surface area contributed by atoms with E-state index < -0.39 is 0 Å². The number of hydrogen-bond donors (Lipinski definition) is 0. The molecule has 0 heterocycles. The molecule has 0 saturated heterocycles. The van der Waals surface area contributed by atoms with Gasteiger partial charge in [0.05, 0.1) is 0 Å². The van der Waals surface area contributed by atoms with E-state index in [4.69, 9.17) is 0 Å². The summed E-state index contributed by atoms with van der Waals surface area (Å²) in [6.07, 6.45) is 7.27. The lowest BCUT2D eigenvalue weighted by atomic mass is 9.58. The Morgan fingerprint density at radius 1 is 1.18 bits per heavy atom.